The van der Waals surface area contributed by atoms with Crippen molar-refractivity contribution in [1.29, 1.82) is 0 Å². The van der Waals surface area contributed by atoms with Crippen LogP contribution in [0, 0.1) is 13.8 Å². The third-order valence-corrected chi connectivity index (χ3v) is 4.32. The fourth-order valence-electron chi connectivity index (χ4n) is 2.84. The molecule has 2 heterocycles. The van der Waals surface area contributed by atoms with Crippen molar-refractivity contribution in [2.24, 2.45) is 0 Å². The molecule has 0 radical (unpaired) electrons. The van der Waals surface area contributed by atoms with Gasteiger partial charge in [-0.25, -0.2) is 9.36 Å². The second-order valence-electron chi connectivity index (χ2n) is 6.62. The molecule has 1 aromatic carbocycles. The molecular weight excluding hydrogens is 358 g/mol. The number of carbonyl (C=O) groups is 2. The van der Waals surface area contributed by atoms with Crippen LogP contribution >= 0.6 is 0 Å². The number of aryl methyl sites for hydroxylation is 2. The number of hydrogen-bond donors (Lipinski definition) is 1. The van der Waals surface area contributed by atoms with Crippen LogP contribution in [0.4, 0.5) is 5.69 Å². The minimum absolute atomic E-state index is 0.0976. The molecule has 0 fully saturated rings. The van der Waals surface area contributed by atoms with Crippen molar-refractivity contribution >= 4 is 17.4 Å². The van der Waals surface area contributed by atoms with Crippen molar-refractivity contribution in [1.82, 2.24) is 19.6 Å². The van der Waals surface area contributed by atoms with Crippen LogP contribution in [0.15, 0.2) is 47.3 Å². The van der Waals surface area contributed by atoms with Gasteiger partial charge in [0.1, 0.15) is 6.04 Å². The molecule has 1 amide bonds. The molecular formula is C20H21N5O3. The number of hydrogen-bond acceptors (Lipinski definition) is 5. The van der Waals surface area contributed by atoms with E-state index >= 15 is 0 Å². The van der Waals surface area contributed by atoms with Gasteiger partial charge in [-0.3, -0.25) is 14.4 Å². The van der Waals surface area contributed by atoms with E-state index in [2.05, 4.69) is 15.5 Å². The number of ketones is 1. The lowest BCUT2D eigenvalue weighted by Crippen LogP contribution is -2.33. The summed E-state index contributed by atoms with van der Waals surface area (Å²) >= 11 is 0. The number of nitrogens with zero attached hydrogens (tertiary/aromatic N) is 4. The molecule has 1 atom stereocenters. The van der Waals surface area contributed by atoms with Crippen LogP contribution in [-0.4, -0.2) is 31.3 Å². The van der Waals surface area contributed by atoms with Crippen molar-refractivity contribution in [3.8, 4) is 5.82 Å². The van der Waals surface area contributed by atoms with Crippen LogP contribution in [0.5, 0.6) is 0 Å². The van der Waals surface area contributed by atoms with Crippen LogP contribution in [0.2, 0.25) is 0 Å². The molecule has 0 aliphatic heterocycles. The zero-order valence-electron chi connectivity index (χ0n) is 16.1. The molecule has 28 heavy (non-hydrogen) atoms. The highest BCUT2D eigenvalue weighted by Crippen LogP contribution is 2.14. The monoisotopic (exact) mass is 379 g/mol. The Labute approximate surface area is 161 Å². The summed E-state index contributed by atoms with van der Waals surface area (Å²) in [6.45, 7) is 6.79. The lowest BCUT2D eigenvalue weighted by molar-refractivity contribution is -0.119. The maximum absolute atomic E-state index is 12.6. The fourth-order valence-corrected chi connectivity index (χ4v) is 2.84. The number of rotatable bonds is 5. The summed E-state index contributed by atoms with van der Waals surface area (Å²) < 4.78 is 2.74. The Morgan fingerprint density at radius 3 is 2.46 bits per heavy atom. The molecule has 8 heteroatoms. The highest BCUT2D eigenvalue weighted by atomic mass is 16.2. The molecule has 3 rings (SSSR count). The molecule has 144 valence electrons. The van der Waals surface area contributed by atoms with Crippen LogP contribution in [0.25, 0.3) is 5.82 Å². The molecule has 2 aromatic heterocycles. The Bertz CT molecular complexity index is 1110. The van der Waals surface area contributed by atoms with Crippen molar-refractivity contribution in [3.05, 3.63) is 69.8 Å². The second-order valence-corrected chi connectivity index (χ2v) is 6.62. The third-order valence-electron chi connectivity index (χ3n) is 4.32. The summed E-state index contributed by atoms with van der Waals surface area (Å²) in [5, 5.41) is 11.4. The molecule has 3 aromatic rings. The Kier molecular flexibility index (Phi) is 5.21. The van der Waals surface area contributed by atoms with E-state index in [0.29, 0.717) is 17.1 Å². The summed E-state index contributed by atoms with van der Waals surface area (Å²) in [6.07, 6.45) is 0. The van der Waals surface area contributed by atoms with Gasteiger partial charge < -0.3 is 5.32 Å². The first-order valence-corrected chi connectivity index (χ1v) is 8.81. The molecule has 1 unspecified atom stereocenters. The first kappa shape index (κ1) is 19.2. The van der Waals surface area contributed by atoms with Crippen molar-refractivity contribution < 1.29 is 9.59 Å². The smallest absolute Gasteiger partial charge is 0.267 e. The van der Waals surface area contributed by atoms with Gasteiger partial charge in [0, 0.05) is 23.0 Å². The summed E-state index contributed by atoms with van der Waals surface area (Å²) in [6, 6.07) is 10.6. The van der Waals surface area contributed by atoms with Gasteiger partial charge in [0.25, 0.3) is 5.56 Å². The predicted molar refractivity (Wildman–Crippen MR) is 105 cm³/mol. The maximum atomic E-state index is 12.6. The lowest BCUT2D eigenvalue weighted by atomic mass is 10.1. The average Bonchev–Trinajstić information content (AvgIpc) is 3.00. The molecule has 1 N–H and O–H groups in total. The van der Waals surface area contributed by atoms with Gasteiger partial charge in [0.05, 0.1) is 5.69 Å². The SMILES string of the molecule is CC(=O)c1cccc(NC(=O)C(C)n2nc(-n3nc(C)cc3C)ccc2=O)c1. The van der Waals surface area contributed by atoms with Gasteiger partial charge in [-0.1, -0.05) is 12.1 Å². The van der Waals surface area contributed by atoms with Gasteiger partial charge in [0.2, 0.25) is 5.91 Å². The predicted octanol–water partition coefficient (Wildman–Crippen LogP) is 2.45. The van der Waals surface area contributed by atoms with E-state index in [-0.39, 0.29) is 5.78 Å². The zero-order valence-corrected chi connectivity index (χ0v) is 16.1. The number of aromatic nitrogens is 4. The Morgan fingerprint density at radius 1 is 1.07 bits per heavy atom. The average molecular weight is 379 g/mol. The summed E-state index contributed by atoms with van der Waals surface area (Å²) in [5.74, 6) is -0.0659. The van der Waals surface area contributed by atoms with Crippen molar-refractivity contribution in [2.75, 3.05) is 5.32 Å². The molecule has 8 nitrogen and oxygen atoms in total. The van der Waals surface area contributed by atoms with E-state index in [1.807, 2.05) is 19.9 Å². The van der Waals surface area contributed by atoms with E-state index in [1.165, 1.54) is 13.0 Å². The number of benzene rings is 1. The minimum Gasteiger partial charge on any atom is -0.324 e. The Hall–Kier alpha value is -3.55. The van der Waals surface area contributed by atoms with Gasteiger partial charge in [-0.15, -0.1) is 5.10 Å². The minimum atomic E-state index is -0.856. The summed E-state index contributed by atoms with van der Waals surface area (Å²) in [7, 11) is 0. The first-order valence-electron chi connectivity index (χ1n) is 8.81. The van der Waals surface area contributed by atoms with Gasteiger partial charge in [-0.05, 0) is 52.0 Å². The lowest BCUT2D eigenvalue weighted by Gasteiger charge is -2.15. The maximum Gasteiger partial charge on any atom is 0.267 e. The van der Waals surface area contributed by atoms with Crippen molar-refractivity contribution in [3.63, 3.8) is 0 Å². The Balaban J connectivity index is 1.88. The van der Waals surface area contributed by atoms with Crippen LogP contribution in [-0.2, 0) is 4.79 Å². The number of Topliss-reactive ketones (excluding diaryl/α,β-unsaturated/α-hetero) is 1. The molecule has 0 aliphatic carbocycles. The largest absolute Gasteiger partial charge is 0.324 e. The second kappa shape index (κ2) is 7.59. The highest BCUT2D eigenvalue weighted by Gasteiger charge is 2.19. The van der Waals surface area contributed by atoms with E-state index in [4.69, 9.17) is 0 Å². The summed E-state index contributed by atoms with van der Waals surface area (Å²) in [5.41, 5.74) is 2.27. The van der Waals surface area contributed by atoms with E-state index in [0.717, 1.165) is 16.1 Å². The molecule has 0 saturated heterocycles. The molecule has 0 bridgehead atoms. The first-order chi connectivity index (χ1) is 13.3. The number of carbonyl (C=O) groups excluding carboxylic acids is 2. The van der Waals surface area contributed by atoms with Crippen LogP contribution in [0.1, 0.15) is 41.6 Å². The normalized spacial score (nSPS) is 11.9. The highest BCUT2D eigenvalue weighted by molar-refractivity contribution is 5.97. The number of anilines is 1. The zero-order chi connectivity index (χ0) is 20.4. The van der Waals surface area contributed by atoms with Crippen molar-refractivity contribution in [2.45, 2.75) is 33.7 Å². The Morgan fingerprint density at radius 2 is 1.82 bits per heavy atom. The van der Waals surface area contributed by atoms with Gasteiger partial charge in [-0.2, -0.15) is 5.10 Å². The van der Waals surface area contributed by atoms with Gasteiger partial charge >= 0.3 is 0 Å². The quantitative estimate of drug-likeness (QED) is 0.687. The molecule has 0 spiro atoms. The fraction of sp³-hybridized carbons (Fsp3) is 0.250. The summed E-state index contributed by atoms with van der Waals surface area (Å²) in [4.78, 5) is 36.4. The van der Waals surface area contributed by atoms with E-state index in [1.54, 1.807) is 41.9 Å². The van der Waals surface area contributed by atoms with Crippen LogP contribution in [0.3, 0.4) is 0 Å². The van der Waals surface area contributed by atoms with E-state index < -0.39 is 17.5 Å². The topological polar surface area (TPSA) is 98.9 Å². The molecule has 0 saturated carbocycles. The third kappa shape index (κ3) is 3.90. The van der Waals surface area contributed by atoms with E-state index in [9.17, 15) is 14.4 Å². The standard InChI is InChI=1S/C20H21N5O3/c1-12-10-13(2)24(22-12)18-8-9-19(27)25(23-18)14(3)20(28)21-17-7-5-6-16(11-17)15(4)26/h5-11,14H,1-4H3,(H,21,28). The van der Waals surface area contributed by atoms with Gasteiger partial charge in [0.15, 0.2) is 11.6 Å². The number of amides is 1. The molecule has 0 aliphatic rings. The van der Waals surface area contributed by atoms with Crippen LogP contribution < -0.4 is 10.9 Å². The number of nitrogens with one attached hydrogen (secondary N) is 1.